The van der Waals surface area contributed by atoms with Crippen molar-refractivity contribution in [3.8, 4) is 0 Å². The first kappa shape index (κ1) is 12.1. The minimum atomic E-state index is -0.205. The van der Waals surface area contributed by atoms with E-state index in [9.17, 15) is 9.59 Å². The van der Waals surface area contributed by atoms with Crippen molar-refractivity contribution in [2.45, 2.75) is 33.6 Å². The van der Waals surface area contributed by atoms with Crippen LogP contribution in [0.4, 0.5) is 0 Å². The molecule has 0 N–H and O–H groups in total. The van der Waals surface area contributed by atoms with Gasteiger partial charge in [-0.2, -0.15) is 0 Å². The number of hydrogen-bond donors (Lipinski definition) is 0. The maximum Gasteiger partial charge on any atom is 0.158 e. The Morgan fingerprint density at radius 2 is 1.77 bits per heavy atom. The lowest BCUT2D eigenvalue weighted by Crippen LogP contribution is -2.14. The Bertz CT molecular complexity index is 204. The lowest BCUT2D eigenvalue weighted by Gasteiger charge is -2.07. The van der Waals surface area contributed by atoms with Crippen molar-refractivity contribution in [2.24, 2.45) is 11.8 Å². The van der Waals surface area contributed by atoms with Gasteiger partial charge in [0.2, 0.25) is 0 Å². The fraction of sp³-hybridized carbons (Fsp3) is 0.636. The van der Waals surface area contributed by atoms with Gasteiger partial charge in [-0.3, -0.25) is 9.59 Å². The van der Waals surface area contributed by atoms with Crippen molar-refractivity contribution in [2.75, 3.05) is 0 Å². The van der Waals surface area contributed by atoms with Crippen molar-refractivity contribution in [3.05, 3.63) is 12.7 Å². The van der Waals surface area contributed by atoms with Crippen LogP contribution < -0.4 is 0 Å². The van der Waals surface area contributed by atoms with Gasteiger partial charge in [0.1, 0.15) is 5.78 Å². The summed E-state index contributed by atoms with van der Waals surface area (Å²) in [6.07, 6.45) is 2.20. The molecule has 0 spiro atoms. The predicted octanol–water partition coefficient (Wildman–Crippen LogP) is 2.38. The van der Waals surface area contributed by atoms with E-state index in [0.29, 0.717) is 18.8 Å². The third-order valence-corrected chi connectivity index (χ3v) is 1.86. The SMILES string of the molecule is C=CC(=O)C(C)CC(=O)CC(C)C. The number of Topliss-reactive ketones (excluding diaryl/α,β-unsaturated/α-hetero) is 1. The Hall–Kier alpha value is -0.920. The first-order valence-electron chi connectivity index (χ1n) is 4.65. The van der Waals surface area contributed by atoms with Crippen LogP contribution in [0, 0.1) is 11.8 Å². The molecule has 0 rings (SSSR count). The molecule has 0 aromatic heterocycles. The van der Waals surface area contributed by atoms with Gasteiger partial charge in [-0.25, -0.2) is 0 Å². The number of hydrogen-bond acceptors (Lipinski definition) is 2. The van der Waals surface area contributed by atoms with Crippen LogP contribution in [-0.4, -0.2) is 11.6 Å². The zero-order chi connectivity index (χ0) is 10.4. The van der Waals surface area contributed by atoms with Crippen LogP contribution in [0.3, 0.4) is 0 Å². The average molecular weight is 182 g/mol. The molecule has 0 radical (unpaired) electrons. The van der Waals surface area contributed by atoms with Crippen molar-refractivity contribution in [1.29, 1.82) is 0 Å². The third-order valence-electron chi connectivity index (χ3n) is 1.86. The largest absolute Gasteiger partial charge is 0.300 e. The molecule has 0 aromatic carbocycles. The first-order valence-corrected chi connectivity index (χ1v) is 4.65. The van der Waals surface area contributed by atoms with Gasteiger partial charge < -0.3 is 0 Å². The zero-order valence-electron chi connectivity index (χ0n) is 8.67. The van der Waals surface area contributed by atoms with Gasteiger partial charge in [-0.1, -0.05) is 27.4 Å². The van der Waals surface area contributed by atoms with E-state index in [-0.39, 0.29) is 17.5 Å². The van der Waals surface area contributed by atoms with Gasteiger partial charge in [0, 0.05) is 18.8 Å². The lowest BCUT2D eigenvalue weighted by atomic mass is 9.95. The first-order chi connectivity index (χ1) is 5.97. The molecule has 0 saturated carbocycles. The summed E-state index contributed by atoms with van der Waals surface area (Å²) in [6.45, 7) is 9.15. The highest BCUT2D eigenvalue weighted by atomic mass is 16.1. The normalized spacial score (nSPS) is 12.6. The van der Waals surface area contributed by atoms with E-state index in [1.54, 1.807) is 6.92 Å². The van der Waals surface area contributed by atoms with E-state index in [0.717, 1.165) is 0 Å². The van der Waals surface area contributed by atoms with Crippen LogP contribution in [0.1, 0.15) is 33.6 Å². The average Bonchev–Trinajstić information content (AvgIpc) is 2.01. The molecule has 0 aliphatic carbocycles. The van der Waals surface area contributed by atoms with E-state index >= 15 is 0 Å². The molecule has 2 heteroatoms. The Balaban J connectivity index is 3.91. The Labute approximate surface area is 80.0 Å². The molecule has 2 nitrogen and oxygen atoms in total. The second-order valence-corrected chi connectivity index (χ2v) is 3.85. The number of carbonyl (C=O) groups is 2. The van der Waals surface area contributed by atoms with Gasteiger partial charge in [0.15, 0.2) is 5.78 Å². The fourth-order valence-corrected chi connectivity index (χ4v) is 1.18. The maximum atomic E-state index is 11.3. The molecular formula is C11H18O2. The van der Waals surface area contributed by atoms with Crippen LogP contribution in [-0.2, 0) is 9.59 Å². The number of allylic oxidation sites excluding steroid dienone is 1. The monoisotopic (exact) mass is 182 g/mol. The van der Waals surface area contributed by atoms with Gasteiger partial charge in [0.25, 0.3) is 0 Å². The summed E-state index contributed by atoms with van der Waals surface area (Å²) < 4.78 is 0. The fourth-order valence-electron chi connectivity index (χ4n) is 1.18. The quantitative estimate of drug-likeness (QED) is 0.591. The summed E-state index contributed by atoms with van der Waals surface area (Å²) >= 11 is 0. The van der Waals surface area contributed by atoms with Crippen molar-refractivity contribution >= 4 is 11.6 Å². The van der Waals surface area contributed by atoms with Crippen LogP contribution in [0.2, 0.25) is 0 Å². The van der Waals surface area contributed by atoms with Crippen LogP contribution >= 0.6 is 0 Å². The molecule has 0 bridgehead atoms. The second kappa shape index (κ2) is 5.68. The summed E-state index contributed by atoms with van der Waals surface area (Å²) in [7, 11) is 0. The highest BCUT2D eigenvalue weighted by Crippen LogP contribution is 2.10. The maximum absolute atomic E-state index is 11.3. The number of rotatable bonds is 6. The molecule has 0 aliphatic rings. The Morgan fingerprint density at radius 1 is 1.23 bits per heavy atom. The van der Waals surface area contributed by atoms with E-state index in [4.69, 9.17) is 0 Å². The van der Waals surface area contributed by atoms with Gasteiger partial charge in [-0.15, -0.1) is 0 Å². The molecule has 0 saturated heterocycles. The molecular weight excluding hydrogens is 164 g/mol. The highest BCUT2D eigenvalue weighted by Gasteiger charge is 2.14. The van der Waals surface area contributed by atoms with E-state index in [1.165, 1.54) is 6.08 Å². The summed E-state index contributed by atoms with van der Waals surface area (Å²) in [5.41, 5.74) is 0. The van der Waals surface area contributed by atoms with Crippen LogP contribution in [0.25, 0.3) is 0 Å². The van der Waals surface area contributed by atoms with Gasteiger partial charge in [0.05, 0.1) is 0 Å². The Morgan fingerprint density at radius 3 is 2.15 bits per heavy atom. The second-order valence-electron chi connectivity index (χ2n) is 3.85. The number of carbonyl (C=O) groups excluding carboxylic acids is 2. The highest BCUT2D eigenvalue weighted by molar-refractivity contribution is 5.94. The summed E-state index contributed by atoms with van der Waals surface area (Å²) in [6, 6.07) is 0. The summed E-state index contributed by atoms with van der Waals surface area (Å²) in [4.78, 5) is 22.4. The number of ketones is 2. The van der Waals surface area contributed by atoms with Gasteiger partial charge >= 0.3 is 0 Å². The molecule has 0 amide bonds. The van der Waals surface area contributed by atoms with Gasteiger partial charge in [-0.05, 0) is 12.0 Å². The van der Waals surface area contributed by atoms with E-state index in [2.05, 4.69) is 6.58 Å². The lowest BCUT2D eigenvalue weighted by molar-refractivity contribution is -0.125. The minimum absolute atomic E-state index is 0.0443. The molecule has 0 aliphatic heterocycles. The molecule has 74 valence electrons. The van der Waals surface area contributed by atoms with E-state index in [1.807, 2.05) is 13.8 Å². The molecule has 0 heterocycles. The third kappa shape index (κ3) is 5.34. The molecule has 13 heavy (non-hydrogen) atoms. The summed E-state index contributed by atoms with van der Waals surface area (Å²) in [5.74, 6) is 0.289. The standard InChI is InChI=1S/C11H18O2/c1-5-11(13)9(4)7-10(12)6-8(2)3/h5,8-9H,1,6-7H2,2-4H3. The topological polar surface area (TPSA) is 34.1 Å². The molecule has 1 unspecified atom stereocenters. The van der Waals surface area contributed by atoms with Crippen molar-refractivity contribution in [3.63, 3.8) is 0 Å². The summed E-state index contributed by atoms with van der Waals surface area (Å²) in [5, 5.41) is 0. The zero-order valence-corrected chi connectivity index (χ0v) is 8.67. The molecule has 1 atom stereocenters. The smallest absolute Gasteiger partial charge is 0.158 e. The molecule has 0 fully saturated rings. The minimum Gasteiger partial charge on any atom is -0.300 e. The van der Waals surface area contributed by atoms with Crippen LogP contribution in [0.5, 0.6) is 0 Å². The van der Waals surface area contributed by atoms with Crippen molar-refractivity contribution in [1.82, 2.24) is 0 Å². The predicted molar refractivity (Wildman–Crippen MR) is 53.4 cm³/mol. The Kier molecular flexibility index (Phi) is 5.28. The van der Waals surface area contributed by atoms with E-state index < -0.39 is 0 Å². The van der Waals surface area contributed by atoms with Crippen molar-refractivity contribution < 1.29 is 9.59 Å². The van der Waals surface area contributed by atoms with Crippen LogP contribution in [0.15, 0.2) is 12.7 Å². The molecule has 0 aromatic rings.